The average molecular weight is 433 g/mol. The number of nitrogens with zero attached hydrogens (tertiary/aromatic N) is 3. The lowest BCUT2D eigenvalue weighted by atomic mass is 9.69. The van der Waals surface area contributed by atoms with Crippen LogP contribution in [0.2, 0.25) is 0 Å². The second-order valence-electron chi connectivity index (χ2n) is 8.57. The summed E-state index contributed by atoms with van der Waals surface area (Å²) in [6, 6.07) is 23.8. The molecule has 5 heteroatoms. The molecule has 0 unspecified atom stereocenters. The number of hydrogen-bond donors (Lipinski definition) is 0. The molecular formula is C28H20FN3O. The Balaban J connectivity index is 1.78. The molecule has 4 nitrogen and oxygen atoms in total. The van der Waals surface area contributed by atoms with Crippen molar-refractivity contribution in [2.75, 3.05) is 4.90 Å². The molecule has 2 aliphatic heterocycles. The topological polar surface area (TPSA) is 67.9 Å². The maximum absolute atomic E-state index is 14.0. The van der Waals surface area contributed by atoms with Crippen LogP contribution in [0.15, 0.2) is 78.9 Å². The predicted octanol–water partition coefficient (Wildman–Crippen LogP) is 5.42. The van der Waals surface area contributed by atoms with Gasteiger partial charge in [-0.05, 0) is 36.2 Å². The molecule has 3 atom stereocenters. The van der Waals surface area contributed by atoms with E-state index < -0.39 is 29.2 Å². The van der Waals surface area contributed by atoms with Crippen LogP contribution >= 0.6 is 0 Å². The molecule has 0 aliphatic carbocycles. The van der Waals surface area contributed by atoms with Gasteiger partial charge in [-0.1, -0.05) is 72.3 Å². The van der Waals surface area contributed by atoms with E-state index in [9.17, 15) is 19.7 Å². The van der Waals surface area contributed by atoms with Crippen molar-refractivity contribution in [1.82, 2.24) is 0 Å². The zero-order chi connectivity index (χ0) is 23.2. The van der Waals surface area contributed by atoms with Crippen molar-refractivity contribution in [3.05, 3.63) is 107 Å². The van der Waals surface area contributed by atoms with E-state index in [0.29, 0.717) is 11.1 Å². The molecule has 0 spiro atoms. The van der Waals surface area contributed by atoms with Gasteiger partial charge < -0.3 is 4.90 Å². The minimum Gasteiger partial charge on any atom is -0.351 e. The lowest BCUT2D eigenvalue weighted by Crippen LogP contribution is -2.44. The molecule has 0 N–H and O–H groups in total. The largest absolute Gasteiger partial charge is 0.351 e. The first-order chi connectivity index (χ1) is 16.0. The Morgan fingerprint density at radius 3 is 2.30 bits per heavy atom. The Labute approximate surface area is 191 Å². The summed E-state index contributed by atoms with van der Waals surface area (Å²) in [5, 5.41) is 20.8. The molecule has 1 saturated heterocycles. The lowest BCUT2D eigenvalue weighted by Gasteiger charge is -2.35. The summed E-state index contributed by atoms with van der Waals surface area (Å²) < 4.78 is 13.8. The van der Waals surface area contributed by atoms with Crippen LogP contribution in [-0.4, -0.2) is 17.9 Å². The number of rotatable bonds is 3. The zero-order valence-corrected chi connectivity index (χ0v) is 17.9. The number of carbonyl (C=O) groups is 1. The van der Waals surface area contributed by atoms with Crippen LogP contribution < -0.4 is 4.90 Å². The molecule has 0 bridgehead atoms. The maximum atomic E-state index is 14.0. The van der Waals surface area contributed by atoms with Gasteiger partial charge in [0.1, 0.15) is 11.9 Å². The summed E-state index contributed by atoms with van der Waals surface area (Å²) in [6.45, 7) is 1.95. The Morgan fingerprint density at radius 1 is 0.970 bits per heavy atom. The SMILES string of the molecule is Cc1ccc(C(=O)[C@@H]2[C@@H](c3ccc(F)cc3)C(C#N)(C#N)[C@H]3C=Cc4ccccc4N23)cc1. The highest BCUT2D eigenvalue weighted by Crippen LogP contribution is 2.55. The van der Waals surface area contributed by atoms with Gasteiger partial charge in [0.25, 0.3) is 0 Å². The van der Waals surface area contributed by atoms with Crippen molar-refractivity contribution >= 4 is 17.5 Å². The third-order valence-electron chi connectivity index (χ3n) is 6.75. The van der Waals surface area contributed by atoms with Gasteiger partial charge in [-0.15, -0.1) is 0 Å². The van der Waals surface area contributed by atoms with Crippen molar-refractivity contribution in [2.45, 2.75) is 24.9 Å². The zero-order valence-electron chi connectivity index (χ0n) is 17.9. The van der Waals surface area contributed by atoms with Crippen LogP contribution in [-0.2, 0) is 0 Å². The standard InChI is InChI=1S/C28H20FN3O/c1-18-6-8-21(9-7-18)27(33)26-25(20-10-13-22(29)14-11-20)28(16-30,17-31)24-15-12-19-4-2-3-5-23(19)32(24)26/h2-15,24-26H,1H3/t24-,25-,26+/m1/s1. The second-order valence-corrected chi connectivity index (χ2v) is 8.57. The quantitative estimate of drug-likeness (QED) is 0.518. The van der Waals surface area contributed by atoms with E-state index in [1.165, 1.54) is 12.1 Å². The molecule has 33 heavy (non-hydrogen) atoms. The minimum absolute atomic E-state index is 0.174. The molecule has 0 amide bonds. The summed E-state index contributed by atoms with van der Waals surface area (Å²) >= 11 is 0. The number of ketones is 1. The number of hydrogen-bond acceptors (Lipinski definition) is 4. The second kappa shape index (κ2) is 7.73. The maximum Gasteiger partial charge on any atom is 0.185 e. The molecule has 0 saturated carbocycles. The first-order valence-corrected chi connectivity index (χ1v) is 10.7. The van der Waals surface area contributed by atoms with E-state index in [-0.39, 0.29) is 5.78 Å². The van der Waals surface area contributed by atoms with Crippen molar-refractivity contribution in [1.29, 1.82) is 10.5 Å². The molecule has 0 radical (unpaired) electrons. The fourth-order valence-corrected chi connectivity index (χ4v) is 5.17. The highest BCUT2D eigenvalue weighted by atomic mass is 19.1. The number of nitriles is 2. The highest BCUT2D eigenvalue weighted by molar-refractivity contribution is 6.04. The van der Waals surface area contributed by atoms with Crippen LogP contribution in [0.3, 0.4) is 0 Å². The molecule has 2 heterocycles. The molecular weight excluding hydrogens is 413 g/mol. The van der Waals surface area contributed by atoms with Gasteiger partial charge in [-0.3, -0.25) is 4.79 Å². The summed E-state index contributed by atoms with van der Waals surface area (Å²) in [7, 11) is 0. The van der Waals surface area contributed by atoms with E-state index in [1.54, 1.807) is 24.3 Å². The van der Waals surface area contributed by atoms with Crippen molar-refractivity contribution in [3.8, 4) is 12.1 Å². The number of anilines is 1. The number of para-hydroxylation sites is 1. The summed E-state index contributed by atoms with van der Waals surface area (Å²) in [6.07, 6.45) is 3.74. The van der Waals surface area contributed by atoms with Gasteiger partial charge in [0.15, 0.2) is 11.2 Å². The van der Waals surface area contributed by atoms with E-state index in [1.807, 2.05) is 60.4 Å². The van der Waals surface area contributed by atoms with Crippen molar-refractivity contribution < 1.29 is 9.18 Å². The molecule has 3 aromatic carbocycles. The fraction of sp³-hybridized carbons (Fsp3) is 0.179. The van der Waals surface area contributed by atoms with E-state index in [4.69, 9.17) is 0 Å². The average Bonchev–Trinajstić information content (AvgIpc) is 3.15. The number of aryl methyl sites for hydroxylation is 1. The normalized spacial score (nSPS) is 22.1. The highest BCUT2D eigenvalue weighted by Gasteiger charge is 2.63. The predicted molar refractivity (Wildman–Crippen MR) is 124 cm³/mol. The first-order valence-electron chi connectivity index (χ1n) is 10.7. The summed E-state index contributed by atoms with van der Waals surface area (Å²) in [5.41, 5.74) is 2.31. The van der Waals surface area contributed by atoms with Crippen molar-refractivity contribution in [2.24, 2.45) is 5.41 Å². The smallest absolute Gasteiger partial charge is 0.185 e. The Hall–Kier alpha value is -4.22. The van der Waals surface area contributed by atoms with E-state index in [2.05, 4.69) is 12.1 Å². The third kappa shape index (κ3) is 3.05. The number of benzene rings is 3. The number of halogens is 1. The lowest BCUT2D eigenvalue weighted by molar-refractivity contribution is 0.0951. The Bertz CT molecular complexity index is 1330. The van der Waals surface area contributed by atoms with Crippen LogP contribution in [0.1, 0.15) is 33.0 Å². The van der Waals surface area contributed by atoms with Gasteiger partial charge in [0.05, 0.1) is 18.2 Å². The Morgan fingerprint density at radius 2 is 1.64 bits per heavy atom. The van der Waals surface area contributed by atoms with Crippen LogP contribution in [0, 0.1) is 40.8 Å². The number of carbonyl (C=O) groups excluding carboxylic acids is 1. The van der Waals surface area contributed by atoms with E-state index >= 15 is 0 Å². The number of fused-ring (bicyclic) bond motifs is 3. The fourth-order valence-electron chi connectivity index (χ4n) is 5.17. The number of Topliss-reactive ketones (excluding diaryl/α,β-unsaturated/α-hetero) is 1. The molecule has 2 aliphatic rings. The van der Waals surface area contributed by atoms with Gasteiger partial charge in [0, 0.05) is 17.2 Å². The van der Waals surface area contributed by atoms with Crippen LogP contribution in [0.5, 0.6) is 0 Å². The minimum atomic E-state index is -1.53. The van der Waals surface area contributed by atoms with E-state index in [0.717, 1.165) is 16.8 Å². The third-order valence-corrected chi connectivity index (χ3v) is 6.75. The molecule has 1 fully saturated rings. The van der Waals surface area contributed by atoms with Gasteiger partial charge >= 0.3 is 0 Å². The van der Waals surface area contributed by atoms with Crippen molar-refractivity contribution in [3.63, 3.8) is 0 Å². The van der Waals surface area contributed by atoms with Crippen LogP contribution in [0.25, 0.3) is 6.08 Å². The molecule has 160 valence electrons. The van der Waals surface area contributed by atoms with Crippen LogP contribution in [0.4, 0.5) is 10.1 Å². The molecule has 3 aromatic rings. The molecule has 5 rings (SSSR count). The van der Waals surface area contributed by atoms with Gasteiger partial charge in [-0.25, -0.2) is 4.39 Å². The summed E-state index contributed by atoms with van der Waals surface area (Å²) in [4.78, 5) is 15.9. The summed E-state index contributed by atoms with van der Waals surface area (Å²) in [5.74, 6) is -1.37. The van der Waals surface area contributed by atoms with Gasteiger partial charge in [-0.2, -0.15) is 10.5 Å². The van der Waals surface area contributed by atoms with Gasteiger partial charge in [0.2, 0.25) is 0 Å². The first kappa shape index (κ1) is 20.7. The monoisotopic (exact) mass is 433 g/mol. The Kier molecular flexibility index (Phi) is 4.84. The molecule has 0 aromatic heterocycles.